The maximum Gasteiger partial charge on any atom is 0.404 e. The zero-order valence-corrected chi connectivity index (χ0v) is 19.6. The molecule has 0 bridgehead atoms. The first-order valence-electron chi connectivity index (χ1n) is 11.8. The summed E-state index contributed by atoms with van der Waals surface area (Å²) in [7, 11) is 0. The largest absolute Gasteiger partial charge is 0.465 e. The van der Waals surface area contributed by atoms with E-state index in [0.717, 1.165) is 34.2 Å². The van der Waals surface area contributed by atoms with E-state index in [9.17, 15) is 23.6 Å². The molecule has 1 amide bonds. The number of aldehydes is 1. The number of amides is 1. The lowest BCUT2D eigenvalue weighted by Gasteiger charge is -2.29. The third-order valence-electron chi connectivity index (χ3n) is 6.77. The van der Waals surface area contributed by atoms with Gasteiger partial charge < -0.3 is 10.4 Å². The maximum atomic E-state index is 14.2. The number of carbonyl (C=O) groups is 2. The van der Waals surface area contributed by atoms with Crippen molar-refractivity contribution in [2.75, 3.05) is 0 Å². The zero-order valence-electron chi connectivity index (χ0n) is 19.6. The summed E-state index contributed by atoms with van der Waals surface area (Å²) in [4.78, 5) is 53.3. The number of hydrogen-bond donors (Lipinski definition) is 2. The molecule has 2 aromatic carbocycles. The number of rotatable bonds is 5. The summed E-state index contributed by atoms with van der Waals surface area (Å²) in [5.74, 6) is -0.695. The number of halogens is 1. The van der Waals surface area contributed by atoms with E-state index < -0.39 is 29.2 Å². The van der Waals surface area contributed by atoms with Crippen molar-refractivity contribution in [2.45, 2.75) is 37.8 Å². The topological polar surface area (TPSA) is 123 Å². The molecular formula is C27H23FN4O5. The summed E-state index contributed by atoms with van der Waals surface area (Å²) in [6, 6.07) is 14.4. The number of benzene rings is 2. The van der Waals surface area contributed by atoms with Crippen LogP contribution in [0.3, 0.4) is 0 Å². The van der Waals surface area contributed by atoms with Gasteiger partial charge in [0.25, 0.3) is 5.56 Å². The van der Waals surface area contributed by atoms with Crippen molar-refractivity contribution in [3.63, 3.8) is 0 Å². The molecule has 0 radical (unpaired) electrons. The summed E-state index contributed by atoms with van der Waals surface area (Å²) in [5.41, 5.74) is 1.40. The van der Waals surface area contributed by atoms with Crippen LogP contribution in [0.2, 0.25) is 0 Å². The second-order valence-electron chi connectivity index (χ2n) is 9.06. The van der Waals surface area contributed by atoms with Gasteiger partial charge in [-0.3, -0.25) is 14.2 Å². The second kappa shape index (κ2) is 9.81. The van der Waals surface area contributed by atoms with E-state index in [1.54, 1.807) is 42.5 Å². The van der Waals surface area contributed by atoms with Crippen molar-refractivity contribution in [1.82, 2.24) is 19.4 Å². The average molecular weight is 503 g/mol. The third-order valence-corrected chi connectivity index (χ3v) is 6.77. The molecule has 0 saturated heterocycles. The van der Waals surface area contributed by atoms with Gasteiger partial charge in [0, 0.05) is 17.6 Å². The molecule has 2 N–H and O–H groups in total. The molecular weight excluding hydrogens is 479 g/mol. The van der Waals surface area contributed by atoms with Crippen LogP contribution in [0.4, 0.5) is 9.18 Å². The fourth-order valence-electron chi connectivity index (χ4n) is 4.97. The van der Waals surface area contributed by atoms with Crippen molar-refractivity contribution in [2.24, 2.45) is 0 Å². The molecule has 2 aromatic heterocycles. The Bertz CT molecular complexity index is 1620. The Morgan fingerprint density at radius 1 is 1.03 bits per heavy atom. The molecule has 37 heavy (non-hydrogen) atoms. The smallest absolute Gasteiger partial charge is 0.404 e. The van der Waals surface area contributed by atoms with E-state index in [2.05, 4.69) is 10.3 Å². The number of pyridine rings is 1. The van der Waals surface area contributed by atoms with Gasteiger partial charge in [-0.25, -0.2) is 23.5 Å². The Labute approximate surface area is 209 Å². The van der Waals surface area contributed by atoms with Gasteiger partial charge in [-0.05, 0) is 55.0 Å². The molecule has 0 spiro atoms. The van der Waals surface area contributed by atoms with E-state index in [-0.39, 0.29) is 17.1 Å². The standard InChI is InChI=1S/C27H23FN4O5/c28-19-13-23-24(29-14-19)31(22-3-1-2-18(12-22)17-6-4-16(15-33)5-7-17)27(37)32(25(23)34)21-10-8-20(9-11-21)30-26(35)36/h1-7,12-15,20-21,30H,8-11H2,(H,35,36). The Kier molecular flexibility index (Phi) is 6.39. The minimum atomic E-state index is -1.11. The minimum absolute atomic E-state index is 0.0221. The molecule has 5 rings (SSSR count). The minimum Gasteiger partial charge on any atom is -0.465 e. The molecule has 2 heterocycles. The molecule has 4 aromatic rings. The summed E-state index contributed by atoms with van der Waals surface area (Å²) in [6.07, 6.45) is 2.37. The van der Waals surface area contributed by atoms with E-state index in [1.165, 1.54) is 4.57 Å². The lowest BCUT2D eigenvalue weighted by Crippen LogP contribution is -2.45. The molecule has 9 nitrogen and oxygen atoms in total. The third kappa shape index (κ3) is 4.65. The van der Waals surface area contributed by atoms with Gasteiger partial charge >= 0.3 is 11.8 Å². The van der Waals surface area contributed by atoms with Crippen molar-refractivity contribution < 1.29 is 19.1 Å². The van der Waals surface area contributed by atoms with E-state index in [0.29, 0.717) is 36.9 Å². The van der Waals surface area contributed by atoms with Crippen LogP contribution in [-0.4, -0.2) is 37.6 Å². The van der Waals surface area contributed by atoms with Gasteiger partial charge in [0.05, 0.1) is 17.3 Å². The molecule has 1 aliphatic rings. The first kappa shape index (κ1) is 24.1. The monoisotopic (exact) mass is 502 g/mol. The Morgan fingerprint density at radius 2 is 1.76 bits per heavy atom. The van der Waals surface area contributed by atoms with Crippen molar-refractivity contribution >= 4 is 23.4 Å². The van der Waals surface area contributed by atoms with Crippen molar-refractivity contribution in [1.29, 1.82) is 0 Å². The van der Waals surface area contributed by atoms with Crippen LogP contribution in [0, 0.1) is 5.82 Å². The van der Waals surface area contributed by atoms with Gasteiger partial charge in [-0.1, -0.05) is 36.4 Å². The summed E-state index contributed by atoms with van der Waals surface area (Å²) >= 11 is 0. The summed E-state index contributed by atoms with van der Waals surface area (Å²) in [6.45, 7) is 0. The van der Waals surface area contributed by atoms with Gasteiger partial charge in [-0.15, -0.1) is 0 Å². The van der Waals surface area contributed by atoms with Crippen LogP contribution in [-0.2, 0) is 0 Å². The Hall–Kier alpha value is -4.60. The number of carboxylic acid groups (broad SMARTS) is 1. The van der Waals surface area contributed by atoms with Gasteiger partial charge in [-0.2, -0.15) is 0 Å². The zero-order chi connectivity index (χ0) is 26.1. The lowest BCUT2D eigenvalue weighted by atomic mass is 9.91. The van der Waals surface area contributed by atoms with Crippen LogP contribution >= 0.6 is 0 Å². The number of hydrogen-bond acceptors (Lipinski definition) is 5. The highest BCUT2D eigenvalue weighted by Gasteiger charge is 2.28. The van der Waals surface area contributed by atoms with Crippen molar-refractivity contribution in [3.8, 4) is 16.8 Å². The van der Waals surface area contributed by atoms with Gasteiger partial charge in [0.2, 0.25) is 0 Å². The Balaban J connectivity index is 1.64. The first-order chi connectivity index (χ1) is 17.9. The number of carbonyl (C=O) groups excluding carboxylic acids is 1. The lowest BCUT2D eigenvalue weighted by molar-refractivity contribution is 0.112. The molecule has 188 valence electrons. The highest BCUT2D eigenvalue weighted by Crippen LogP contribution is 2.28. The van der Waals surface area contributed by atoms with Gasteiger partial charge in [0.15, 0.2) is 5.65 Å². The number of nitrogens with zero attached hydrogens (tertiary/aromatic N) is 3. The summed E-state index contributed by atoms with van der Waals surface area (Å²) < 4.78 is 16.6. The maximum absolute atomic E-state index is 14.2. The molecule has 0 aliphatic heterocycles. The second-order valence-corrected chi connectivity index (χ2v) is 9.06. The number of fused-ring (bicyclic) bond motifs is 1. The van der Waals surface area contributed by atoms with Crippen LogP contribution in [0.5, 0.6) is 0 Å². The fraction of sp³-hybridized carbons (Fsp3) is 0.222. The molecule has 1 saturated carbocycles. The number of aromatic nitrogens is 3. The summed E-state index contributed by atoms with van der Waals surface area (Å²) in [5, 5.41) is 11.4. The van der Waals surface area contributed by atoms with Crippen LogP contribution in [0.25, 0.3) is 27.8 Å². The molecule has 1 aliphatic carbocycles. The Morgan fingerprint density at radius 3 is 2.43 bits per heavy atom. The average Bonchev–Trinajstić information content (AvgIpc) is 2.90. The fourth-order valence-corrected chi connectivity index (χ4v) is 4.97. The van der Waals surface area contributed by atoms with Crippen molar-refractivity contribution in [3.05, 3.63) is 93.0 Å². The predicted octanol–water partition coefficient (Wildman–Crippen LogP) is 3.92. The molecule has 1 fully saturated rings. The molecule has 0 unspecified atom stereocenters. The first-order valence-corrected chi connectivity index (χ1v) is 11.8. The van der Waals surface area contributed by atoms with E-state index in [4.69, 9.17) is 5.11 Å². The van der Waals surface area contributed by atoms with Gasteiger partial charge in [0.1, 0.15) is 12.1 Å². The highest BCUT2D eigenvalue weighted by molar-refractivity contribution is 5.78. The van der Waals surface area contributed by atoms with E-state index >= 15 is 0 Å². The normalized spacial score (nSPS) is 17.4. The highest BCUT2D eigenvalue weighted by atomic mass is 19.1. The molecule has 0 atom stereocenters. The quantitative estimate of drug-likeness (QED) is 0.399. The van der Waals surface area contributed by atoms with Crippen LogP contribution < -0.4 is 16.6 Å². The number of nitrogens with one attached hydrogen (secondary N) is 1. The van der Waals surface area contributed by atoms with Crippen LogP contribution in [0.1, 0.15) is 42.1 Å². The predicted molar refractivity (Wildman–Crippen MR) is 135 cm³/mol. The molecule has 10 heteroatoms. The van der Waals surface area contributed by atoms with E-state index in [1.807, 2.05) is 6.07 Å². The SMILES string of the molecule is O=Cc1ccc(-c2cccc(-n3c(=O)n(C4CCC(NC(=O)O)CC4)c(=O)c4cc(F)cnc43)c2)cc1. The van der Waals surface area contributed by atoms with Crippen LogP contribution in [0.15, 0.2) is 70.4 Å².